The predicted octanol–water partition coefficient (Wildman–Crippen LogP) is 2.05. The molecule has 0 amide bonds. The molecule has 114 valence electrons. The molecule has 1 aromatic heterocycles. The number of aromatic hydroxyl groups is 1. The minimum Gasteiger partial charge on any atom is -0.507 e. The Labute approximate surface area is 140 Å². The van der Waals surface area contributed by atoms with Crippen LogP contribution in [-0.4, -0.2) is 33.0 Å². The van der Waals surface area contributed by atoms with Crippen molar-refractivity contribution in [1.29, 1.82) is 0 Å². The zero-order valence-electron chi connectivity index (χ0n) is 11.9. The van der Waals surface area contributed by atoms with Gasteiger partial charge in [0.2, 0.25) is 5.95 Å². The summed E-state index contributed by atoms with van der Waals surface area (Å²) in [5.41, 5.74) is 1.94. The van der Waals surface area contributed by atoms with Crippen molar-refractivity contribution in [2.45, 2.75) is 13.0 Å². The molecule has 1 aliphatic rings. The van der Waals surface area contributed by atoms with Gasteiger partial charge in [0.15, 0.2) is 0 Å². The second-order valence-corrected chi connectivity index (χ2v) is 5.96. The zero-order valence-corrected chi connectivity index (χ0v) is 14.0. The summed E-state index contributed by atoms with van der Waals surface area (Å²) < 4.78 is 7.23. The Morgan fingerprint density at radius 3 is 2.95 bits per heavy atom. The summed E-state index contributed by atoms with van der Waals surface area (Å²) in [5.74, 6) is 0.315. The summed E-state index contributed by atoms with van der Waals surface area (Å²) in [4.78, 5) is 16.4. The fourth-order valence-electron chi connectivity index (χ4n) is 2.47. The van der Waals surface area contributed by atoms with Crippen LogP contribution >= 0.6 is 22.6 Å². The molecule has 2 N–H and O–H groups in total. The van der Waals surface area contributed by atoms with Crippen molar-refractivity contribution in [2.24, 2.45) is 0 Å². The van der Waals surface area contributed by atoms with Crippen molar-refractivity contribution >= 4 is 34.5 Å². The maximum Gasteiger partial charge on any atom is 0.338 e. The van der Waals surface area contributed by atoms with Crippen LogP contribution in [0.2, 0.25) is 0 Å². The summed E-state index contributed by atoms with van der Waals surface area (Å²) >= 11 is 2.04. The molecule has 8 heteroatoms. The molecular formula is C14H13IN4O3. The summed E-state index contributed by atoms with van der Waals surface area (Å²) in [6.07, 6.45) is 1.42. The molecule has 0 unspecified atom stereocenters. The maximum atomic E-state index is 12.2. The van der Waals surface area contributed by atoms with E-state index in [0.717, 1.165) is 5.56 Å². The number of phenolic OH excluding ortho intramolecular Hbond substituents is 1. The molecule has 0 spiro atoms. The van der Waals surface area contributed by atoms with Crippen molar-refractivity contribution < 1.29 is 14.6 Å². The molecule has 0 radical (unpaired) electrons. The third-order valence-corrected chi connectivity index (χ3v) is 4.35. The largest absolute Gasteiger partial charge is 0.507 e. The molecule has 1 aliphatic heterocycles. The number of benzene rings is 1. The number of aromatic nitrogens is 3. The number of rotatable bonds is 2. The van der Waals surface area contributed by atoms with E-state index in [2.05, 4.69) is 15.4 Å². The van der Waals surface area contributed by atoms with Crippen LogP contribution in [0.1, 0.15) is 18.5 Å². The number of nitrogens with one attached hydrogen (secondary N) is 1. The first-order valence-electron chi connectivity index (χ1n) is 6.47. The fourth-order valence-corrected chi connectivity index (χ4v) is 3.01. The average molecular weight is 412 g/mol. The number of allylic oxidation sites excluding steroid dienone is 1. The molecule has 2 aromatic rings. The number of ether oxygens (including phenoxy) is 1. The van der Waals surface area contributed by atoms with E-state index in [9.17, 15) is 9.90 Å². The molecule has 3 rings (SSSR count). The number of nitrogens with zero attached hydrogens (tertiary/aromatic N) is 3. The lowest BCUT2D eigenvalue weighted by Crippen LogP contribution is -2.29. The van der Waals surface area contributed by atoms with Gasteiger partial charge in [-0.05, 0) is 47.2 Å². The highest BCUT2D eigenvalue weighted by molar-refractivity contribution is 14.1. The number of esters is 1. The van der Waals surface area contributed by atoms with Crippen molar-refractivity contribution in [2.75, 3.05) is 12.4 Å². The number of carbonyl (C=O) groups is 1. The number of halogens is 1. The van der Waals surface area contributed by atoms with Crippen molar-refractivity contribution in [1.82, 2.24) is 14.8 Å². The van der Waals surface area contributed by atoms with Gasteiger partial charge in [0.05, 0.1) is 16.3 Å². The normalized spacial score (nSPS) is 17.0. The van der Waals surface area contributed by atoms with Gasteiger partial charge in [0, 0.05) is 5.70 Å². The van der Waals surface area contributed by atoms with E-state index in [1.807, 2.05) is 28.7 Å². The molecule has 0 saturated heterocycles. The predicted molar refractivity (Wildman–Crippen MR) is 87.3 cm³/mol. The fraction of sp³-hybridized carbons (Fsp3) is 0.214. The molecule has 0 bridgehead atoms. The van der Waals surface area contributed by atoms with E-state index < -0.39 is 12.0 Å². The van der Waals surface area contributed by atoms with E-state index >= 15 is 0 Å². The Balaban J connectivity index is 2.20. The molecule has 1 atom stereocenters. The van der Waals surface area contributed by atoms with Gasteiger partial charge in [-0.15, -0.1) is 0 Å². The second kappa shape index (κ2) is 5.59. The average Bonchev–Trinajstić information content (AvgIpc) is 2.95. The number of fused-ring (bicyclic) bond motifs is 1. The number of hydrogen-bond acceptors (Lipinski definition) is 6. The van der Waals surface area contributed by atoms with Gasteiger partial charge in [-0.1, -0.05) is 6.07 Å². The van der Waals surface area contributed by atoms with Crippen molar-refractivity contribution in [3.63, 3.8) is 0 Å². The first kappa shape index (κ1) is 14.8. The smallest absolute Gasteiger partial charge is 0.338 e. The highest BCUT2D eigenvalue weighted by Gasteiger charge is 2.34. The van der Waals surface area contributed by atoms with Gasteiger partial charge in [-0.3, -0.25) is 0 Å². The molecule has 0 fully saturated rings. The molecule has 1 aromatic carbocycles. The number of carbonyl (C=O) groups excluding carboxylic acids is 1. The highest BCUT2D eigenvalue weighted by Crippen LogP contribution is 2.36. The van der Waals surface area contributed by atoms with Crippen molar-refractivity contribution in [3.8, 4) is 5.75 Å². The number of anilines is 1. The topological polar surface area (TPSA) is 89.3 Å². The molecule has 22 heavy (non-hydrogen) atoms. The minimum atomic E-state index is -0.458. The number of phenols is 1. The van der Waals surface area contributed by atoms with E-state index in [4.69, 9.17) is 4.74 Å². The Kier molecular flexibility index (Phi) is 3.77. The Bertz CT molecular complexity index is 784. The van der Waals surface area contributed by atoms with Crippen LogP contribution in [0.5, 0.6) is 5.75 Å². The Morgan fingerprint density at radius 2 is 2.27 bits per heavy atom. The zero-order chi connectivity index (χ0) is 15.9. The van der Waals surface area contributed by atoms with Gasteiger partial charge in [0.1, 0.15) is 18.1 Å². The minimum absolute atomic E-state index is 0.192. The lowest BCUT2D eigenvalue weighted by atomic mass is 9.96. The van der Waals surface area contributed by atoms with Crippen LogP contribution in [0.3, 0.4) is 0 Å². The molecule has 2 heterocycles. The van der Waals surface area contributed by atoms with Gasteiger partial charge < -0.3 is 15.2 Å². The van der Waals surface area contributed by atoms with Crippen LogP contribution in [-0.2, 0) is 9.53 Å². The quantitative estimate of drug-likeness (QED) is 0.580. The Morgan fingerprint density at radius 1 is 1.50 bits per heavy atom. The maximum absolute atomic E-state index is 12.2. The molecular weight excluding hydrogens is 399 g/mol. The van der Waals surface area contributed by atoms with Crippen LogP contribution in [0, 0.1) is 3.57 Å². The van der Waals surface area contributed by atoms with Gasteiger partial charge in [-0.2, -0.15) is 10.1 Å². The second-order valence-electron chi connectivity index (χ2n) is 4.80. The van der Waals surface area contributed by atoms with E-state index in [1.54, 1.807) is 23.7 Å². The standard InChI is InChI=1S/C14H13IN4O3/c1-7-11(13(21)22-2)12(19-14(18-7)16-6-17-19)8-3-4-10(20)9(15)5-8/h3-6,12,20H,1-2H3,(H,16,17,18)/t12-/m0/s1. The number of hydrogen-bond donors (Lipinski definition) is 2. The van der Waals surface area contributed by atoms with Crippen molar-refractivity contribution in [3.05, 3.63) is 44.9 Å². The van der Waals surface area contributed by atoms with Gasteiger partial charge in [-0.25, -0.2) is 9.48 Å². The lowest BCUT2D eigenvalue weighted by molar-refractivity contribution is -0.136. The van der Waals surface area contributed by atoms with Crippen LogP contribution in [0.15, 0.2) is 35.8 Å². The monoisotopic (exact) mass is 412 g/mol. The SMILES string of the molecule is COC(=O)C1=C(C)Nc2ncnn2[C@H]1c1ccc(O)c(I)c1. The Hall–Kier alpha value is -2.10. The highest BCUT2D eigenvalue weighted by atomic mass is 127. The molecule has 0 aliphatic carbocycles. The van der Waals surface area contributed by atoms with E-state index in [0.29, 0.717) is 20.8 Å². The number of methoxy groups -OCH3 is 1. The van der Waals surface area contributed by atoms with Crippen LogP contribution < -0.4 is 5.32 Å². The molecule has 0 saturated carbocycles. The van der Waals surface area contributed by atoms with E-state index in [-0.39, 0.29) is 5.75 Å². The summed E-state index contributed by atoms with van der Waals surface area (Å²) in [6.45, 7) is 1.79. The third-order valence-electron chi connectivity index (χ3n) is 3.49. The lowest BCUT2D eigenvalue weighted by Gasteiger charge is -2.28. The van der Waals surface area contributed by atoms with Gasteiger partial charge >= 0.3 is 5.97 Å². The first-order valence-corrected chi connectivity index (χ1v) is 7.55. The van der Waals surface area contributed by atoms with Gasteiger partial charge in [0.25, 0.3) is 0 Å². The molecule has 7 nitrogen and oxygen atoms in total. The van der Waals surface area contributed by atoms with Crippen LogP contribution in [0.4, 0.5) is 5.95 Å². The van der Waals surface area contributed by atoms with Crippen LogP contribution in [0.25, 0.3) is 0 Å². The van der Waals surface area contributed by atoms with E-state index in [1.165, 1.54) is 13.4 Å². The third kappa shape index (κ3) is 2.32. The summed E-state index contributed by atoms with van der Waals surface area (Å²) in [5, 5.41) is 17.0. The summed E-state index contributed by atoms with van der Waals surface area (Å²) in [7, 11) is 1.34. The first-order chi connectivity index (χ1) is 10.5. The summed E-state index contributed by atoms with van der Waals surface area (Å²) in [6, 6.07) is 4.71.